The summed E-state index contributed by atoms with van der Waals surface area (Å²) < 4.78 is 0. The summed E-state index contributed by atoms with van der Waals surface area (Å²) in [6.07, 6.45) is 3.44. The van der Waals surface area contributed by atoms with E-state index in [2.05, 4.69) is 15.0 Å². The van der Waals surface area contributed by atoms with Gasteiger partial charge in [0.1, 0.15) is 0 Å². The number of rotatable bonds is 1. The Labute approximate surface area is 98.2 Å². The summed E-state index contributed by atoms with van der Waals surface area (Å²) >= 11 is 0. The molecule has 2 heterocycles. The number of hydrogen-bond donors (Lipinski definition) is 1. The molecular formula is C13H10N4. The van der Waals surface area contributed by atoms with Gasteiger partial charge in [0.25, 0.3) is 0 Å². The van der Waals surface area contributed by atoms with Crippen LogP contribution in [-0.4, -0.2) is 15.0 Å². The highest BCUT2D eigenvalue weighted by Crippen LogP contribution is 2.21. The van der Waals surface area contributed by atoms with Gasteiger partial charge in [0.15, 0.2) is 0 Å². The van der Waals surface area contributed by atoms with Crippen LogP contribution in [0.2, 0.25) is 0 Å². The van der Waals surface area contributed by atoms with Crippen molar-refractivity contribution in [1.82, 2.24) is 15.0 Å². The van der Waals surface area contributed by atoms with Gasteiger partial charge in [-0.2, -0.15) is 0 Å². The van der Waals surface area contributed by atoms with Crippen LogP contribution in [0.5, 0.6) is 0 Å². The maximum absolute atomic E-state index is 5.57. The van der Waals surface area contributed by atoms with Crippen molar-refractivity contribution in [2.45, 2.75) is 0 Å². The van der Waals surface area contributed by atoms with Crippen LogP contribution in [0.1, 0.15) is 0 Å². The molecule has 0 spiro atoms. The summed E-state index contributed by atoms with van der Waals surface area (Å²) in [5.41, 5.74) is 8.38. The molecule has 3 rings (SSSR count). The Morgan fingerprint density at radius 3 is 2.76 bits per heavy atom. The van der Waals surface area contributed by atoms with E-state index in [9.17, 15) is 0 Å². The summed E-state index contributed by atoms with van der Waals surface area (Å²) in [5.74, 6) is 0.286. The Hall–Kier alpha value is -2.49. The van der Waals surface area contributed by atoms with Crippen molar-refractivity contribution in [2.75, 3.05) is 5.73 Å². The number of nitrogens with zero attached hydrogens (tertiary/aromatic N) is 3. The van der Waals surface area contributed by atoms with Crippen LogP contribution in [0.3, 0.4) is 0 Å². The minimum Gasteiger partial charge on any atom is -0.368 e. The maximum Gasteiger partial charge on any atom is 0.220 e. The molecule has 0 aliphatic rings. The van der Waals surface area contributed by atoms with Crippen LogP contribution in [0.25, 0.3) is 22.2 Å². The molecule has 0 bridgehead atoms. The third kappa shape index (κ3) is 1.80. The molecule has 0 aliphatic carbocycles. The summed E-state index contributed by atoms with van der Waals surface area (Å²) in [7, 11) is 0. The number of benzene rings is 1. The highest BCUT2D eigenvalue weighted by atomic mass is 15.0. The smallest absolute Gasteiger partial charge is 0.220 e. The minimum atomic E-state index is 0.286. The molecule has 4 nitrogen and oxygen atoms in total. The molecule has 1 aromatic carbocycles. The lowest BCUT2D eigenvalue weighted by atomic mass is 10.1. The topological polar surface area (TPSA) is 64.7 Å². The molecule has 2 aromatic heterocycles. The fourth-order valence-corrected chi connectivity index (χ4v) is 1.77. The van der Waals surface area contributed by atoms with Gasteiger partial charge in [-0.15, -0.1) is 0 Å². The fourth-order valence-electron chi connectivity index (χ4n) is 1.77. The van der Waals surface area contributed by atoms with E-state index in [4.69, 9.17) is 5.73 Å². The van der Waals surface area contributed by atoms with Gasteiger partial charge in [0.05, 0.1) is 11.2 Å². The van der Waals surface area contributed by atoms with Crippen molar-refractivity contribution in [1.29, 1.82) is 0 Å². The highest BCUT2D eigenvalue weighted by molar-refractivity contribution is 5.83. The summed E-state index contributed by atoms with van der Waals surface area (Å²) in [6.45, 7) is 0. The quantitative estimate of drug-likeness (QED) is 0.686. The van der Waals surface area contributed by atoms with Crippen molar-refractivity contribution in [3.63, 3.8) is 0 Å². The van der Waals surface area contributed by atoms with Crippen LogP contribution < -0.4 is 5.73 Å². The zero-order valence-electron chi connectivity index (χ0n) is 9.04. The molecular weight excluding hydrogens is 212 g/mol. The van der Waals surface area contributed by atoms with Crippen LogP contribution in [0, 0.1) is 0 Å². The lowest BCUT2D eigenvalue weighted by molar-refractivity contribution is 1.19. The molecule has 17 heavy (non-hydrogen) atoms. The van der Waals surface area contributed by atoms with Crippen molar-refractivity contribution in [3.8, 4) is 11.3 Å². The molecule has 0 amide bonds. The van der Waals surface area contributed by atoms with Crippen molar-refractivity contribution in [3.05, 3.63) is 48.8 Å². The third-order valence-corrected chi connectivity index (χ3v) is 2.57. The first-order valence-electron chi connectivity index (χ1n) is 5.26. The second-order valence-corrected chi connectivity index (χ2v) is 3.71. The van der Waals surface area contributed by atoms with Gasteiger partial charge < -0.3 is 5.73 Å². The average molecular weight is 222 g/mol. The normalized spacial score (nSPS) is 10.6. The molecule has 0 aliphatic heterocycles. The van der Waals surface area contributed by atoms with E-state index < -0.39 is 0 Å². The molecule has 0 radical (unpaired) electrons. The van der Waals surface area contributed by atoms with Crippen LogP contribution >= 0.6 is 0 Å². The van der Waals surface area contributed by atoms with E-state index in [0.29, 0.717) is 0 Å². The van der Waals surface area contributed by atoms with Crippen LogP contribution in [0.15, 0.2) is 48.8 Å². The van der Waals surface area contributed by atoms with E-state index >= 15 is 0 Å². The Balaban J connectivity index is 2.18. The van der Waals surface area contributed by atoms with E-state index in [1.165, 1.54) is 0 Å². The van der Waals surface area contributed by atoms with E-state index in [-0.39, 0.29) is 5.95 Å². The molecule has 0 saturated carbocycles. The van der Waals surface area contributed by atoms with Gasteiger partial charge in [0, 0.05) is 23.3 Å². The van der Waals surface area contributed by atoms with Gasteiger partial charge in [-0.05, 0) is 24.3 Å². The average Bonchev–Trinajstić information content (AvgIpc) is 2.38. The zero-order valence-corrected chi connectivity index (χ0v) is 9.04. The van der Waals surface area contributed by atoms with Crippen molar-refractivity contribution in [2.24, 2.45) is 0 Å². The molecule has 0 atom stereocenters. The standard InChI is InChI=1S/C13H10N4/c14-13-16-7-5-12(17-13)10-3-4-11-9(8-10)2-1-6-15-11/h1-8H,(H2,14,16,17). The largest absolute Gasteiger partial charge is 0.368 e. The van der Waals surface area contributed by atoms with Gasteiger partial charge in [0.2, 0.25) is 5.95 Å². The monoisotopic (exact) mass is 222 g/mol. The zero-order chi connectivity index (χ0) is 11.7. The number of nitrogen functional groups attached to an aromatic ring is 1. The van der Waals surface area contributed by atoms with E-state index in [1.807, 2.05) is 36.4 Å². The van der Waals surface area contributed by atoms with Crippen LogP contribution in [-0.2, 0) is 0 Å². The fraction of sp³-hybridized carbons (Fsp3) is 0. The molecule has 0 fully saturated rings. The van der Waals surface area contributed by atoms with Gasteiger partial charge in [-0.1, -0.05) is 12.1 Å². The predicted molar refractivity (Wildman–Crippen MR) is 67.2 cm³/mol. The SMILES string of the molecule is Nc1nccc(-c2ccc3ncccc3c2)n1. The molecule has 82 valence electrons. The second kappa shape index (κ2) is 3.83. The molecule has 4 heteroatoms. The van der Waals surface area contributed by atoms with Crippen molar-refractivity contribution >= 4 is 16.9 Å². The van der Waals surface area contributed by atoms with Gasteiger partial charge in [-0.25, -0.2) is 9.97 Å². The number of hydrogen-bond acceptors (Lipinski definition) is 4. The first-order chi connectivity index (χ1) is 8.33. The Morgan fingerprint density at radius 2 is 1.88 bits per heavy atom. The molecule has 0 unspecified atom stereocenters. The van der Waals surface area contributed by atoms with E-state index in [0.717, 1.165) is 22.2 Å². The lowest BCUT2D eigenvalue weighted by Gasteiger charge is -2.03. The van der Waals surface area contributed by atoms with Crippen LogP contribution in [0.4, 0.5) is 5.95 Å². The maximum atomic E-state index is 5.57. The molecule has 3 aromatic rings. The number of anilines is 1. The van der Waals surface area contributed by atoms with Gasteiger partial charge >= 0.3 is 0 Å². The third-order valence-electron chi connectivity index (χ3n) is 2.57. The first kappa shape index (κ1) is 9.72. The number of aromatic nitrogens is 3. The second-order valence-electron chi connectivity index (χ2n) is 3.71. The molecule has 2 N–H and O–H groups in total. The minimum absolute atomic E-state index is 0.286. The molecule has 0 saturated heterocycles. The number of nitrogens with two attached hydrogens (primary N) is 1. The highest BCUT2D eigenvalue weighted by Gasteiger charge is 2.02. The number of fused-ring (bicyclic) bond motifs is 1. The Kier molecular flexibility index (Phi) is 2.19. The summed E-state index contributed by atoms with van der Waals surface area (Å²) in [4.78, 5) is 12.4. The predicted octanol–water partition coefficient (Wildman–Crippen LogP) is 2.27. The van der Waals surface area contributed by atoms with Gasteiger partial charge in [-0.3, -0.25) is 4.98 Å². The number of pyridine rings is 1. The van der Waals surface area contributed by atoms with Crippen molar-refractivity contribution < 1.29 is 0 Å². The Bertz CT molecular complexity index is 679. The lowest BCUT2D eigenvalue weighted by Crippen LogP contribution is -1.95. The summed E-state index contributed by atoms with van der Waals surface area (Å²) in [6, 6.07) is 11.8. The first-order valence-corrected chi connectivity index (χ1v) is 5.26. The summed E-state index contributed by atoms with van der Waals surface area (Å²) in [5, 5.41) is 1.09. The Morgan fingerprint density at radius 1 is 0.941 bits per heavy atom. The van der Waals surface area contributed by atoms with E-state index in [1.54, 1.807) is 12.4 Å².